The maximum absolute atomic E-state index is 13.0. The molecule has 1 unspecified atom stereocenters. The lowest BCUT2D eigenvalue weighted by molar-refractivity contribution is 0.0671. The van der Waals surface area contributed by atoms with Crippen LogP contribution in [0.25, 0.3) is 0 Å². The molecule has 0 N–H and O–H groups in total. The standard InChI is InChI=1S/C20H25NO5S/c1-5-15(2)21(20(22)17-9-7-6-8-10-17)14-16-11-12-18(25-3)19(13-16)26-27(4,23)24/h6-13,15H,5,14H2,1-4H3. The molecule has 0 radical (unpaired) electrons. The molecular formula is C20H25NO5S. The molecule has 7 heteroatoms. The van der Waals surface area contributed by atoms with E-state index >= 15 is 0 Å². The summed E-state index contributed by atoms with van der Waals surface area (Å²) in [4.78, 5) is 14.7. The lowest BCUT2D eigenvalue weighted by Gasteiger charge is -2.29. The van der Waals surface area contributed by atoms with Gasteiger partial charge in [-0.1, -0.05) is 31.2 Å². The molecule has 2 aromatic carbocycles. The van der Waals surface area contributed by atoms with E-state index in [-0.39, 0.29) is 17.7 Å². The van der Waals surface area contributed by atoms with Gasteiger partial charge in [-0.2, -0.15) is 8.42 Å². The van der Waals surface area contributed by atoms with E-state index in [0.717, 1.165) is 18.2 Å². The lowest BCUT2D eigenvalue weighted by atomic mass is 10.1. The third-order valence-electron chi connectivity index (χ3n) is 4.23. The number of ether oxygens (including phenoxy) is 1. The number of carbonyl (C=O) groups is 1. The Morgan fingerprint density at radius 3 is 2.33 bits per heavy atom. The number of hydrogen-bond donors (Lipinski definition) is 0. The second-order valence-electron chi connectivity index (χ2n) is 6.33. The van der Waals surface area contributed by atoms with E-state index in [1.54, 1.807) is 35.2 Å². The first kappa shape index (κ1) is 20.8. The van der Waals surface area contributed by atoms with Crippen LogP contribution in [0.1, 0.15) is 36.2 Å². The molecule has 0 aromatic heterocycles. The zero-order chi connectivity index (χ0) is 20.0. The van der Waals surface area contributed by atoms with Crippen molar-refractivity contribution < 1.29 is 22.1 Å². The Morgan fingerprint density at radius 2 is 1.78 bits per heavy atom. The summed E-state index contributed by atoms with van der Waals surface area (Å²) in [5.41, 5.74) is 1.36. The minimum absolute atomic E-state index is 0.0130. The highest BCUT2D eigenvalue weighted by atomic mass is 32.2. The first-order valence-electron chi connectivity index (χ1n) is 8.67. The molecule has 0 fully saturated rings. The summed E-state index contributed by atoms with van der Waals surface area (Å²) in [5, 5.41) is 0. The van der Waals surface area contributed by atoms with Crippen LogP contribution >= 0.6 is 0 Å². The predicted octanol–water partition coefficient (Wildman–Crippen LogP) is 3.47. The molecule has 2 rings (SSSR count). The highest BCUT2D eigenvalue weighted by molar-refractivity contribution is 7.86. The molecule has 0 spiro atoms. The molecule has 0 aliphatic heterocycles. The second kappa shape index (κ2) is 8.90. The number of nitrogens with zero attached hydrogens (tertiary/aromatic N) is 1. The van der Waals surface area contributed by atoms with Crippen LogP contribution in [0.2, 0.25) is 0 Å². The van der Waals surface area contributed by atoms with Gasteiger partial charge >= 0.3 is 10.1 Å². The van der Waals surface area contributed by atoms with Crippen LogP contribution in [0.4, 0.5) is 0 Å². The average molecular weight is 391 g/mol. The summed E-state index contributed by atoms with van der Waals surface area (Å²) in [6.45, 7) is 4.33. The van der Waals surface area contributed by atoms with Gasteiger partial charge < -0.3 is 13.8 Å². The van der Waals surface area contributed by atoms with E-state index in [1.165, 1.54) is 7.11 Å². The van der Waals surface area contributed by atoms with Gasteiger partial charge in [-0.3, -0.25) is 4.79 Å². The number of methoxy groups -OCH3 is 1. The molecule has 27 heavy (non-hydrogen) atoms. The van der Waals surface area contributed by atoms with Crippen molar-refractivity contribution >= 4 is 16.0 Å². The average Bonchev–Trinajstić information content (AvgIpc) is 2.64. The summed E-state index contributed by atoms with van der Waals surface area (Å²) in [6.07, 6.45) is 1.77. The Labute approximate surface area is 160 Å². The maximum atomic E-state index is 13.0. The fourth-order valence-electron chi connectivity index (χ4n) is 2.64. The first-order valence-corrected chi connectivity index (χ1v) is 10.5. The van der Waals surface area contributed by atoms with Crippen LogP contribution < -0.4 is 8.92 Å². The first-order chi connectivity index (χ1) is 12.7. The molecule has 0 aliphatic carbocycles. The predicted molar refractivity (Wildman–Crippen MR) is 105 cm³/mol. The van der Waals surface area contributed by atoms with E-state index in [9.17, 15) is 13.2 Å². The van der Waals surface area contributed by atoms with Gasteiger partial charge in [0.25, 0.3) is 5.91 Å². The molecule has 1 atom stereocenters. The Morgan fingerprint density at radius 1 is 1.11 bits per heavy atom. The fraction of sp³-hybridized carbons (Fsp3) is 0.350. The van der Waals surface area contributed by atoms with Crippen LogP contribution in [-0.4, -0.2) is 38.6 Å². The zero-order valence-electron chi connectivity index (χ0n) is 16.0. The van der Waals surface area contributed by atoms with E-state index < -0.39 is 10.1 Å². The summed E-state index contributed by atoms with van der Waals surface area (Å²) < 4.78 is 33.2. The van der Waals surface area contributed by atoms with Crippen LogP contribution in [0, 0.1) is 0 Å². The van der Waals surface area contributed by atoms with Gasteiger partial charge in [-0.15, -0.1) is 0 Å². The second-order valence-corrected chi connectivity index (χ2v) is 7.90. The Kier molecular flexibility index (Phi) is 6.85. The molecule has 0 saturated heterocycles. The van der Waals surface area contributed by atoms with Crippen molar-refractivity contribution in [2.24, 2.45) is 0 Å². The van der Waals surface area contributed by atoms with Crippen molar-refractivity contribution in [1.82, 2.24) is 4.90 Å². The molecule has 146 valence electrons. The number of carbonyl (C=O) groups excluding carboxylic acids is 1. The molecule has 0 bridgehead atoms. The smallest absolute Gasteiger partial charge is 0.306 e. The number of rotatable bonds is 8. The molecule has 0 saturated carbocycles. The molecule has 0 heterocycles. The molecule has 0 aliphatic rings. The summed E-state index contributed by atoms with van der Waals surface area (Å²) in [5.74, 6) is 0.341. The van der Waals surface area contributed by atoms with Crippen molar-refractivity contribution in [3.05, 3.63) is 59.7 Å². The number of hydrogen-bond acceptors (Lipinski definition) is 5. The van der Waals surface area contributed by atoms with E-state index in [2.05, 4.69) is 0 Å². The van der Waals surface area contributed by atoms with Gasteiger partial charge in [0, 0.05) is 18.2 Å². The Balaban J connectivity index is 2.34. The van der Waals surface area contributed by atoms with Gasteiger partial charge in [0.1, 0.15) is 0 Å². The maximum Gasteiger partial charge on any atom is 0.306 e. The minimum atomic E-state index is -3.70. The summed E-state index contributed by atoms with van der Waals surface area (Å²) in [6, 6.07) is 14.1. The summed E-state index contributed by atoms with van der Waals surface area (Å²) >= 11 is 0. The monoisotopic (exact) mass is 391 g/mol. The van der Waals surface area contributed by atoms with Gasteiger partial charge in [0.05, 0.1) is 13.4 Å². The van der Waals surface area contributed by atoms with Crippen LogP contribution in [0.3, 0.4) is 0 Å². The van der Waals surface area contributed by atoms with Crippen molar-refractivity contribution in [2.75, 3.05) is 13.4 Å². The van der Waals surface area contributed by atoms with Crippen molar-refractivity contribution in [3.8, 4) is 11.5 Å². The third-order valence-corrected chi connectivity index (χ3v) is 4.71. The van der Waals surface area contributed by atoms with Crippen LogP contribution in [-0.2, 0) is 16.7 Å². The topological polar surface area (TPSA) is 72.9 Å². The van der Waals surface area contributed by atoms with Gasteiger partial charge in [0.15, 0.2) is 11.5 Å². The van der Waals surface area contributed by atoms with Crippen LogP contribution in [0.5, 0.6) is 11.5 Å². The molecule has 2 aromatic rings. The highest BCUT2D eigenvalue weighted by Crippen LogP contribution is 2.30. The highest BCUT2D eigenvalue weighted by Gasteiger charge is 2.21. The van der Waals surface area contributed by atoms with E-state index in [4.69, 9.17) is 8.92 Å². The number of benzene rings is 2. The Hall–Kier alpha value is -2.54. The third kappa shape index (κ3) is 5.72. The fourth-order valence-corrected chi connectivity index (χ4v) is 3.10. The normalized spacial score (nSPS) is 12.3. The van der Waals surface area contributed by atoms with Crippen molar-refractivity contribution in [3.63, 3.8) is 0 Å². The largest absolute Gasteiger partial charge is 0.493 e. The zero-order valence-corrected chi connectivity index (χ0v) is 16.8. The van der Waals surface area contributed by atoms with Gasteiger partial charge in [0.2, 0.25) is 0 Å². The quantitative estimate of drug-likeness (QED) is 0.644. The van der Waals surface area contributed by atoms with E-state index in [1.807, 2.05) is 32.0 Å². The lowest BCUT2D eigenvalue weighted by Crippen LogP contribution is -2.37. The minimum Gasteiger partial charge on any atom is -0.493 e. The van der Waals surface area contributed by atoms with E-state index in [0.29, 0.717) is 17.9 Å². The van der Waals surface area contributed by atoms with Crippen LogP contribution in [0.15, 0.2) is 48.5 Å². The number of amides is 1. The van der Waals surface area contributed by atoms with Crippen molar-refractivity contribution in [1.29, 1.82) is 0 Å². The molecule has 6 nitrogen and oxygen atoms in total. The van der Waals surface area contributed by atoms with Gasteiger partial charge in [-0.05, 0) is 43.2 Å². The van der Waals surface area contributed by atoms with Crippen molar-refractivity contribution in [2.45, 2.75) is 32.9 Å². The molecular weight excluding hydrogens is 366 g/mol. The summed E-state index contributed by atoms with van der Waals surface area (Å²) in [7, 11) is -2.26. The van der Waals surface area contributed by atoms with Gasteiger partial charge in [-0.25, -0.2) is 0 Å². The SMILES string of the molecule is CCC(C)N(Cc1ccc(OC)c(OS(C)(=O)=O)c1)C(=O)c1ccccc1. The molecule has 1 amide bonds. The Bertz CT molecular complexity index is 881.